The standard InChI is InChI=1S/C7H8N4O2.C7H7O.Hg/c1-10-5-4(8-3-9-5)6(12)11(2)7(10)13;8-6-7-4-2-1-3-5-7;/h3,12H,1-2H3;2-5,8H,6H2;/q;;+1/p-1. The van der Waals surface area contributed by atoms with Gasteiger partial charge in [-0.25, -0.2) is 14.8 Å². The Labute approximate surface area is 147 Å². The molecule has 3 rings (SSSR count). The fourth-order valence-electron chi connectivity index (χ4n) is 1.74. The van der Waals surface area contributed by atoms with Crippen LogP contribution in [0, 0.1) is 6.42 Å². The van der Waals surface area contributed by atoms with Gasteiger partial charge in [-0.2, -0.15) is 0 Å². The minimum Gasteiger partial charge on any atom is -0.858 e. The number of hydrogen-bond acceptors (Lipinski definition) is 5. The van der Waals surface area contributed by atoms with E-state index in [1.54, 1.807) is 19.2 Å². The number of aromatic nitrogens is 4. The molecule has 0 bridgehead atoms. The fraction of sp³-hybridized carbons (Fsp3) is 0.214. The predicted octanol–water partition coefficient (Wildman–Crippen LogP) is -0.476. The number of nitrogens with zero attached hydrogens (tertiary/aromatic N) is 4. The van der Waals surface area contributed by atoms with Gasteiger partial charge in [0.1, 0.15) is 12.0 Å². The van der Waals surface area contributed by atoms with Gasteiger partial charge in [-0.1, -0.05) is 6.08 Å². The van der Waals surface area contributed by atoms with Crippen LogP contribution in [0.2, 0.25) is 0 Å². The maximum atomic E-state index is 11.4. The van der Waals surface area contributed by atoms with Crippen molar-refractivity contribution in [3.63, 3.8) is 0 Å². The molecule has 0 atom stereocenters. The Bertz CT molecular complexity index is 769. The van der Waals surface area contributed by atoms with Gasteiger partial charge < -0.3 is 14.8 Å². The van der Waals surface area contributed by atoms with Crippen molar-refractivity contribution >= 4 is 0 Å². The number of imidazole rings is 1. The molecule has 1 N–H and O–H groups in total. The Morgan fingerprint density at radius 2 is 2.00 bits per heavy atom. The SMILES string of the molecule is Cn1c2ncnc-2c([O-])n(C)c1=O.OCC1=CC=C=C[CH]1.[Hg+]. The molecule has 0 aromatic rings. The van der Waals surface area contributed by atoms with E-state index in [0.29, 0.717) is 5.82 Å². The number of aliphatic hydroxyl groups is 1. The summed E-state index contributed by atoms with van der Waals surface area (Å²) in [4.78, 5) is 19.0. The van der Waals surface area contributed by atoms with Gasteiger partial charge in [-0.05, 0) is 23.6 Å². The van der Waals surface area contributed by atoms with Crippen LogP contribution in [0.5, 0.6) is 5.88 Å². The second-order valence-corrected chi connectivity index (χ2v) is 4.32. The van der Waals surface area contributed by atoms with Gasteiger partial charge in [0.15, 0.2) is 5.82 Å². The quantitative estimate of drug-likeness (QED) is 0.434. The molecular formula is C14H14HgN4O3. The van der Waals surface area contributed by atoms with Gasteiger partial charge in [0.2, 0.25) is 0 Å². The van der Waals surface area contributed by atoms with Crippen molar-refractivity contribution in [3.05, 3.63) is 52.8 Å². The maximum absolute atomic E-state index is 11.4. The van der Waals surface area contributed by atoms with Crippen LogP contribution in [0.15, 0.2) is 40.7 Å². The van der Waals surface area contributed by atoms with Crippen LogP contribution in [0.3, 0.4) is 0 Å². The average molecular weight is 487 g/mol. The molecule has 0 amide bonds. The minimum atomic E-state index is -0.407. The molecule has 2 heterocycles. The monoisotopic (exact) mass is 488 g/mol. The van der Waals surface area contributed by atoms with Gasteiger partial charge in [0.05, 0.1) is 6.61 Å². The van der Waals surface area contributed by atoms with Crippen molar-refractivity contribution in [1.29, 1.82) is 0 Å². The van der Waals surface area contributed by atoms with Gasteiger partial charge in [0.25, 0.3) is 0 Å². The molecule has 3 aliphatic rings. The Balaban J connectivity index is 0.000000234. The van der Waals surface area contributed by atoms with Crippen LogP contribution in [-0.4, -0.2) is 30.8 Å². The first kappa shape index (κ1) is 18.4. The molecule has 0 saturated carbocycles. The maximum Gasteiger partial charge on any atom is 1.00 e. The van der Waals surface area contributed by atoms with E-state index in [9.17, 15) is 9.90 Å². The molecule has 1 aliphatic carbocycles. The van der Waals surface area contributed by atoms with E-state index in [-0.39, 0.29) is 40.0 Å². The molecule has 0 fully saturated rings. The van der Waals surface area contributed by atoms with E-state index in [2.05, 4.69) is 15.7 Å². The number of fused-ring (bicyclic) bond motifs is 1. The molecule has 0 unspecified atom stereocenters. The largest absolute Gasteiger partial charge is 1.00 e. The number of aliphatic hydroxyl groups excluding tert-OH is 1. The predicted molar refractivity (Wildman–Crippen MR) is 74.4 cm³/mol. The van der Waals surface area contributed by atoms with Crippen molar-refractivity contribution < 1.29 is 37.9 Å². The van der Waals surface area contributed by atoms with E-state index in [0.717, 1.165) is 10.1 Å². The molecule has 0 spiro atoms. The Kier molecular flexibility index (Phi) is 6.74. The van der Waals surface area contributed by atoms with Crippen molar-refractivity contribution in [2.24, 2.45) is 14.1 Å². The molecule has 0 aromatic carbocycles. The molecule has 8 heteroatoms. The van der Waals surface area contributed by atoms with Crippen molar-refractivity contribution in [2.75, 3.05) is 6.61 Å². The third-order valence-electron chi connectivity index (χ3n) is 2.95. The molecular weight excluding hydrogens is 473 g/mol. The van der Waals surface area contributed by atoms with Crippen LogP contribution >= 0.6 is 0 Å². The summed E-state index contributed by atoms with van der Waals surface area (Å²) in [5.74, 6) is -0.0799. The minimum absolute atomic E-state index is 0. The summed E-state index contributed by atoms with van der Waals surface area (Å²) in [6.45, 7) is 0.120. The summed E-state index contributed by atoms with van der Waals surface area (Å²) in [5, 5.41) is 19.9. The third-order valence-corrected chi connectivity index (χ3v) is 2.95. The van der Waals surface area contributed by atoms with E-state index in [1.165, 1.54) is 17.9 Å². The molecule has 110 valence electrons. The molecule has 0 aromatic heterocycles. The van der Waals surface area contributed by atoms with Gasteiger partial charge in [0, 0.05) is 20.5 Å². The Morgan fingerprint density at radius 1 is 1.27 bits per heavy atom. The molecule has 0 saturated heterocycles. The Morgan fingerprint density at radius 3 is 2.55 bits per heavy atom. The molecule has 22 heavy (non-hydrogen) atoms. The first-order valence-corrected chi connectivity index (χ1v) is 6.15. The zero-order chi connectivity index (χ0) is 15.4. The summed E-state index contributed by atoms with van der Waals surface area (Å²) in [5.41, 5.74) is 3.63. The van der Waals surface area contributed by atoms with Gasteiger partial charge in [-0.3, -0.25) is 4.57 Å². The first-order valence-electron chi connectivity index (χ1n) is 6.15. The van der Waals surface area contributed by atoms with Crippen molar-refractivity contribution in [3.8, 4) is 17.4 Å². The zero-order valence-electron chi connectivity index (χ0n) is 12.4. The van der Waals surface area contributed by atoms with Crippen LogP contribution in [-0.2, 0) is 41.8 Å². The number of hydrogen-bond donors (Lipinski definition) is 1. The smallest absolute Gasteiger partial charge is 0.858 e. The normalized spacial score (nSPS) is 12.4. The van der Waals surface area contributed by atoms with Gasteiger partial charge >= 0.3 is 33.4 Å². The van der Waals surface area contributed by atoms with E-state index < -0.39 is 11.6 Å². The van der Waals surface area contributed by atoms with Crippen LogP contribution in [0.25, 0.3) is 11.5 Å². The van der Waals surface area contributed by atoms with Crippen molar-refractivity contribution in [1.82, 2.24) is 19.1 Å². The molecule has 2 radical (unpaired) electrons. The molecule has 2 aliphatic heterocycles. The third kappa shape index (κ3) is 3.74. The average Bonchev–Trinajstić information content (AvgIpc) is 3.02. The van der Waals surface area contributed by atoms with Crippen LogP contribution < -0.4 is 10.8 Å². The fourth-order valence-corrected chi connectivity index (χ4v) is 1.74. The summed E-state index contributed by atoms with van der Waals surface area (Å²) in [6, 6.07) is 0. The summed E-state index contributed by atoms with van der Waals surface area (Å²) in [7, 11) is 2.97. The topological polar surface area (TPSA) is 96.0 Å². The number of allylic oxidation sites excluding steroid dienone is 2. The number of rotatable bonds is 1. The second-order valence-electron chi connectivity index (χ2n) is 4.32. The van der Waals surface area contributed by atoms with Crippen LogP contribution in [0.4, 0.5) is 0 Å². The van der Waals surface area contributed by atoms with E-state index >= 15 is 0 Å². The first-order chi connectivity index (χ1) is 10.1. The summed E-state index contributed by atoms with van der Waals surface area (Å²) < 4.78 is 2.31. The summed E-state index contributed by atoms with van der Waals surface area (Å²) >= 11 is 0. The van der Waals surface area contributed by atoms with Crippen molar-refractivity contribution in [2.45, 2.75) is 0 Å². The second kappa shape index (κ2) is 8.07. The van der Waals surface area contributed by atoms with Crippen LogP contribution in [0.1, 0.15) is 0 Å². The van der Waals surface area contributed by atoms with Gasteiger partial charge in [-0.15, -0.1) is 5.73 Å². The zero-order valence-corrected chi connectivity index (χ0v) is 17.9. The summed E-state index contributed by atoms with van der Waals surface area (Å²) in [6.07, 6.45) is 8.50. The van der Waals surface area contributed by atoms with E-state index in [1.807, 2.05) is 12.5 Å². The molecule has 7 nitrogen and oxygen atoms in total. The van der Waals surface area contributed by atoms with E-state index in [4.69, 9.17) is 5.11 Å². The Hall–Kier alpha value is -1.69.